The number of hydrazone groups is 1. The molecule has 0 saturated heterocycles. The second-order valence-corrected chi connectivity index (χ2v) is 6.44. The van der Waals surface area contributed by atoms with Crippen molar-refractivity contribution in [1.82, 2.24) is 10.7 Å². The Morgan fingerprint density at radius 3 is 2.19 bits per heavy atom. The van der Waals surface area contributed by atoms with Crippen molar-refractivity contribution in [2.45, 2.75) is 0 Å². The van der Waals surface area contributed by atoms with Crippen LogP contribution in [0.3, 0.4) is 0 Å². The first-order chi connectivity index (χ1) is 15.0. The predicted molar refractivity (Wildman–Crippen MR) is 119 cm³/mol. The number of hydrogen-bond acceptors (Lipinski definition) is 5. The molecule has 0 aromatic heterocycles. The molecule has 7 heteroatoms. The molecule has 0 fully saturated rings. The lowest BCUT2D eigenvalue weighted by Gasteiger charge is -2.09. The molecule has 156 valence electrons. The van der Waals surface area contributed by atoms with E-state index in [2.05, 4.69) is 15.8 Å². The molecule has 0 saturated carbocycles. The summed E-state index contributed by atoms with van der Waals surface area (Å²) in [6.07, 6.45) is 2.98. The number of methoxy groups -OCH3 is 1. The zero-order chi connectivity index (χ0) is 22.1. The van der Waals surface area contributed by atoms with Crippen molar-refractivity contribution >= 4 is 24.1 Å². The number of nitrogens with zero attached hydrogens (tertiary/aromatic N) is 1. The maximum absolute atomic E-state index is 12.7. The smallest absolute Gasteiger partial charge is 0.287 e. The highest BCUT2D eigenvalue weighted by molar-refractivity contribution is 6.05. The summed E-state index contributed by atoms with van der Waals surface area (Å²) in [6, 6.07) is 21.9. The van der Waals surface area contributed by atoms with Crippen LogP contribution in [-0.4, -0.2) is 30.2 Å². The molecule has 0 atom stereocenters. The summed E-state index contributed by atoms with van der Waals surface area (Å²) in [6.45, 7) is 0. The van der Waals surface area contributed by atoms with Crippen LogP contribution < -0.4 is 15.5 Å². The Bertz CT molecular complexity index is 1090. The third kappa shape index (κ3) is 6.30. The van der Waals surface area contributed by atoms with E-state index in [1.165, 1.54) is 18.3 Å². The summed E-state index contributed by atoms with van der Waals surface area (Å²) in [7, 11) is 1.57. The van der Waals surface area contributed by atoms with E-state index in [0.717, 1.165) is 0 Å². The van der Waals surface area contributed by atoms with Gasteiger partial charge in [0.2, 0.25) is 0 Å². The first-order valence-electron chi connectivity index (χ1n) is 9.40. The summed E-state index contributed by atoms with van der Waals surface area (Å²) in [5, 5.41) is 15.9. The summed E-state index contributed by atoms with van der Waals surface area (Å²) < 4.78 is 5.14. The summed E-state index contributed by atoms with van der Waals surface area (Å²) >= 11 is 0. The van der Waals surface area contributed by atoms with Gasteiger partial charge >= 0.3 is 0 Å². The number of amides is 2. The van der Waals surface area contributed by atoms with Crippen molar-refractivity contribution in [3.63, 3.8) is 0 Å². The molecule has 0 aliphatic carbocycles. The Labute approximate surface area is 179 Å². The summed E-state index contributed by atoms with van der Waals surface area (Å²) in [5.74, 6) is -0.197. The number of nitrogens with one attached hydrogen (secondary N) is 2. The van der Waals surface area contributed by atoms with Crippen molar-refractivity contribution in [2.24, 2.45) is 5.10 Å². The van der Waals surface area contributed by atoms with E-state index in [9.17, 15) is 14.7 Å². The van der Waals surface area contributed by atoms with Crippen LogP contribution in [-0.2, 0) is 4.79 Å². The molecule has 0 aliphatic heterocycles. The van der Waals surface area contributed by atoms with E-state index in [0.29, 0.717) is 22.4 Å². The number of aromatic hydroxyl groups is 1. The highest BCUT2D eigenvalue weighted by Gasteiger charge is 2.14. The van der Waals surface area contributed by atoms with Crippen LogP contribution in [0.25, 0.3) is 6.08 Å². The molecule has 31 heavy (non-hydrogen) atoms. The first kappa shape index (κ1) is 21.3. The molecule has 0 aliphatic rings. The number of phenols is 1. The van der Waals surface area contributed by atoms with Crippen LogP contribution in [0.4, 0.5) is 0 Å². The topological polar surface area (TPSA) is 100 Å². The number of benzene rings is 3. The van der Waals surface area contributed by atoms with Gasteiger partial charge in [-0.1, -0.05) is 30.3 Å². The second kappa shape index (κ2) is 10.4. The van der Waals surface area contributed by atoms with Crippen molar-refractivity contribution < 1.29 is 19.4 Å². The number of carbonyl (C=O) groups is 2. The minimum atomic E-state index is -0.588. The molecule has 0 bridgehead atoms. The minimum Gasteiger partial charge on any atom is -0.508 e. The van der Waals surface area contributed by atoms with Gasteiger partial charge in [0, 0.05) is 5.56 Å². The molecular formula is C24H21N3O4. The molecule has 0 unspecified atom stereocenters. The molecule has 3 aromatic carbocycles. The molecule has 3 aromatic rings. The summed E-state index contributed by atoms with van der Waals surface area (Å²) in [4.78, 5) is 25.3. The molecule has 0 radical (unpaired) electrons. The number of phenolic OH excluding ortho intramolecular Hbond substituents is 1. The monoisotopic (exact) mass is 415 g/mol. The number of ether oxygens (including phenoxy) is 1. The number of carbonyl (C=O) groups excluding carboxylic acids is 2. The highest BCUT2D eigenvalue weighted by atomic mass is 16.5. The van der Waals surface area contributed by atoms with Gasteiger partial charge < -0.3 is 15.2 Å². The van der Waals surface area contributed by atoms with Crippen LogP contribution in [0.15, 0.2) is 89.7 Å². The molecule has 3 N–H and O–H groups in total. The van der Waals surface area contributed by atoms with Gasteiger partial charge in [-0.25, -0.2) is 5.43 Å². The lowest BCUT2D eigenvalue weighted by Crippen LogP contribution is -2.32. The van der Waals surface area contributed by atoms with E-state index in [1.54, 1.807) is 79.9 Å². The largest absolute Gasteiger partial charge is 0.508 e. The Hall–Kier alpha value is -4.39. The standard InChI is InChI=1S/C24H21N3O4/c1-31-21-13-9-17(10-14-21)15-22(26-23(29)19-5-3-2-4-6-19)24(30)27-25-16-18-7-11-20(28)12-8-18/h2-16,28H,1H3,(H,26,29)(H,27,30)/b22-15+,25-16+. The quantitative estimate of drug-likeness (QED) is 0.313. The zero-order valence-electron chi connectivity index (χ0n) is 16.8. The van der Waals surface area contributed by atoms with Crippen molar-refractivity contribution in [1.29, 1.82) is 0 Å². The minimum absolute atomic E-state index is 0.0295. The maximum atomic E-state index is 12.7. The zero-order valence-corrected chi connectivity index (χ0v) is 16.8. The Kier molecular flexibility index (Phi) is 7.16. The Morgan fingerprint density at radius 2 is 1.55 bits per heavy atom. The first-order valence-corrected chi connectivity index (χ1v) is 9.40. The van der Waals surface area contributed by atoms with E-state index >= 15 is 0 Å². The van der Waals surface area contributed by atoms with E-state index in [-0.39, 0.29) is 11.4 Å². The van der Waals surface area contributed by atoms with Gasteiger partial charge in [0.05, 0.1) is 13.3 Å². The average molecular weight is 415 g/mol. The molecule has 2 amide bonds. The van der Waals surface area contributed by atoms with Gasteiger partial charge in [-0.05, 0) is 65.7 Å². The Balaban J connectivity index is 1.79. The normalized spacial score (nSPS) is 11.2. The second-order valence-electron chi connectivity index (χ2n) is 6.44. The van der Waals surface area contributed by atoms with Gasteiger partial charge in [0.25, 0.3) is 11.8 Å². The number of hydrogen-bond donors (Lipinski definition) is 3. The lowest BCUT2D eigenvalue weighted by atomic mass is 10.1. The van der Waals surface area contributed by atoms with Gasteiger partial charge in [-0.15, -0.1) is 0 Å². The number of rotatable bonds is 7. The van der Waals surface area contributed by atoms with Crippen LogP contribution in [0, 0.1) is 0 Å². The Morgan fingerprint density at radius 1 is 0.903 bits per heavy atom. The third-order valence-electron chi connectivity index (χ3n) is 4.23. The molecule has 7 nitrogen and oxygen atoms in total. The van der Waals surface area contributed by atoms with Crippen LogP contribution >= 0.6 is 0 Å². The third-order valence-corrected chi connectivity index (χ3v) is 4.23. The SMILES string of the molecule is COc1ccc(/C=C(/NC(=O)c2ccccc2)C(=O)N/N=C/c2ccc(O)cc2)cc1. The van der Waals surface area contributed by atoms with Crippen LogP contribution in [0.5, 0.6) is 11.5 Å². The van der Waals surface area contributed by atoms with Crippen LogP contribution in [0.1, 0.15) is 21.5 Å². The fourth-order valence-electron chi connectivity index (χ4n) is 2.60. The van der Waals surface area contributed by atoms with Gasteiger partial charge in [0.1, 0.15) is 17.2 Å². The van der Waals surface area contributed by atoms with Gasteiger partial charge in [0.15, 0.2) is 0 Å². The van der Waals surface area contributed by atoms with Gasteiger partial charge in [-0.2, -0.15) is 5.10 Å². The molecule has 0 spiro atoms. The van der Waals surface area contributed by atoms with Crippen molar-refractivity contribution in [3.05, 3.63) is 101 Å². The maximum Gasteiger partial charge on any atom is 0.287 e. The highest BCUT2D eigenvalue weighted by Crippen LogP contribution is 2.14. The molecule has 0 heterocycles. The van der Waals surface area contributed by atoms with E-state index in [1.807, 2.05) is 0 Å². The van der Waals surface area contributed by atoms with Crippen molar-refractivity contribution in [2.75, 3.05) is 7.11 Å². The molecular weight excluding hydrogens is 394 g/mol. The fraction of sp³-hybridized carbons (Fsp3) is 0.0417. The molecule has 3 rings (SSSR count). The van der Waals surface area contributed by atoms with E-state index < -0.39 is 11.8 Å². The van der Waals surface area contributed by atoms with Crippen molar-refractivity contribution in [3.8, 4) is 11.5 Å². The predicted octanol–water partition coefficient (Wildman–Crippen LogP) is 3.32. The summed E-state index contributed by atoms with van der Waals surface area (Å²) in [5.41, 5.74) is 4.24. The fourth-order valence-corrected chi connectivity index (χ4v) is 2.60. The van der Waals surface area contributed by atoms with Crippen LogP contribution in [0.2, 0.25) is 0 Å². The van der Waals surface area contributed by atoms with Gasteiger partial charge in [-0.3, -0.25) is 9.59 Å². The average Bonchev–Trinajstić information content (AvgIpc) is 2.81. The lowest BCUT2D eigenvalue weighted by molar-refractivity contribution is -0.117. The van der Waals surface area contributed by atoms with E-state index in [4.69, 9.17) is 4.74 Å².